The summed E-state index contributed by atoms with van der Waals surface area (Å²) in [6, 6.07) is 29.0. The molecule has 0 radical (unpaired) electrons. The first-order valence-corrected chi connectivity index (χ1v) is 21.4. The second-order valence-corrected chi connectivity index (χ2v) is 16.5. The monoisotopic (exact) mass is 930 g/mol. The maximum atomic E-state index is 12.6. The molecule has 0 saturated carbocycles. The highest BCUT2D eigenvalue weighted by Crippen LogP contribution is 2.27. The van der Waals surface area contributed by atoms with E-state index in [9.17, 15) is 9.59 Å². The van der Waals surface area contributed by atoms with Crippen molar-refractivity contribution in [1.29, 1.82) is 0 Å². The number of likely N-dealkylation sites (N-methyl/N-ethyl adjacent to an activating group) is 2. The molecule has 0 unspecified atom stereocenters. The number of hydrogen-bond acceptors (Lipinski definition) is 9. The molecule has 2 amide bonds. The van der Waals surface area contributed by atoms with E-state index in [2.05, 4.69) is 86.2 Å². The van der Waals surface area contributed by atoms with Crippen molar-refractivity contribution in [3.63, 3.8) is 0 Å². The number of nitrogens with one attached hydrogen (secondary N) is 2. The van der Waals surface area contributed by atoms with Gasteiger partial charge in [-0.1, -0.05) is 54.1 Å². The molecule has 14 heteroatoms. The topological polar surface area (TPSA) is 106 Å². The van der Waals surface area contributed by atoms with E-state index in [1.165, 1.54) is 0 Å². The van der Waals surface area contributed by atoms with Gasteiger partial charge in [0.25, 0.3) is 11.8 Å². The van der Waals surface area contributed by atoms with Gasteiger partial charge < -0.3 is 35.0 Å². The molecule has 11 nitrogen and oxygen atoms in total. The van der Waals surface area contributed by atoms with E-state index in [1.54, 1.807) is 12.4 Å². The van der Waals surface area contributed by atoms with Gasteiger partial charge in [0, 0.05) is 82.9 Å². The number of rotatable bonds is 12. The zero-order valence-corrected chi connectivity index (χ0v) is 36.8. The molecule has 3 aromatic carbocycles. The minimum absolute atomic E-state index is 0.114. The fraction of sp³-hybridized carbons (Fsp3) is 0.318. The molecule has 304 valence electrons. The number of hydrogen-bond donors (Lipinski definition) is 2. The first kappa shape index (κ1) is 43.1. The van der Waals surface area contributed by atoms with Crippen molar-refractivity contribution < 1.29 is 14.3 Å². The Hall–Kier alpha value is -4.53. The standard InChI is InChI=1S/C25H27BrN4O2.C19H22BrClN4O/c1-29-13-15-30(16-14-29)24-23(26)17-20(18-28-24)25(31)27-12-11-19-7-9-22(10-8-19)32-21-5-3-2-4-6-21;1-24-8-10-25(11-9-24)18-17(20)12-15(13-23-18)19(26)22-7-6-14-2-4-16(21)5-3-14/h2-10,17-18H,11-16H2,1H3,(H,27,31);2-5,12-13H,6-11H2,1H3,(H,22,26). The third-order valence-corrected chi connectivity index (χ3v) is 11.4. The average Bonchev–Trinajstić information content (AvgIpc) is 3.23. The third kappa shape index (κ3) is 12.7. The predicted octanol–water partition coefficient (Wildman–Crippen LogP) is 7.58. The second kappa shape index (κ2) is 21.5. The summed E-state index contributed by atoms with van der Waals surface area (Å²) in [6.45, 7) is 8.91. The Morgan fingerprint density at radius 3 is 1.47 bits per heavy atom. The van der Waals surface area contributed by atoms with E-state index in [0.717, 1.165) is 108 Å². The number of ether oxygens (including phenoxy) is 1. The molecule has 4 heterocycles. The van der Waals surface area contributed by atoms with Crippen LogP contribution in [0.25, 0.3) is 0 Å². The van der Waals surface area contributed by atoms with Crippen molar-refractivity contribution in [2.75, 3.05) is 89.3 Å². The number of anilines is 2. The van der Waals surface area contributed by atoms with Crippen molar-refractivity contribution in [3.8, 4) is 11.5 Å². The van der Waals surface area contributed by atoms with Crippen molar-refractivity contribution >= 4 is 66.9 Å². The predicted molar refractivity (Wildman–Crippen MR) is 240 cm³/mol. The molecule has 2 aliphatic heterocycles. The van der Waals surface area contributed by atoms with Crippen molar-refractivity contribution in [2.45, 2.75) is 12.8 Å². The largest absolute Gasteiger partial charge is 0.457 e. The molecule has 7 rings (SSSR count). The molecule has 2 aliphatic rings. The lowest BCUT2D eigenvalue weighted by atomic mass is 10.1. The smallest absolute Gasteiger partial charge is 0.252 e. The fourth-order valence-corrected chi connectivity index (χ4v) is 7.78. The summed E-state index contributed by atoms with van der Waals surface area (Å²) in [4.78, 5) is 43.1. The van der Waals surface area contributed by atoms with Crippen LogP contribution in [-0.4, -0.2) is 111 Å². The minimum Gasteiger partial charge on any atom is -0.457 e. The van der Waals surface area contributed by atoms with Gasteiger partial charge >= 0.3 is 0 Å². The van der Waals surface area contributed by atoms with Gasteiger partial charge in [-0.05, 0) is 118 Å². The molecule has 2 saturated heterocycles. The fourth-order valence-electron chi connectivity index (χ4n) is 6.46. The van der Waals surface area contributed by atoms with Gasteiger partial charge in [0.1, 0.15) is 23.1 Å². The highest BCUT2D eigenvalue weighted by atomic mass is 79.9. The Balaban J connectivity index is 0.000000200. The number of carbonyl (C=O) groups is 2. The Bertz CT molecular complexity index is 2100. The summed E-state index contributed by atoms with van der Waals surface area (Å²) in [6.07, 6.45) is 4.81. The van der Waals surface area contributed by atoms with E-state index in [0.29, 0.717) is 29.2 Å². The number of piperazine rings is 2. The average molecular weight is 933 g/mol. The maximum absolute atomic E-state index is 12.6. The summed E-state index contributed by atoms with van der Waals surface area (Å²) in [5.41, 5.74) is 3.39. The molecule has 0 atom stereocenters. The van der Waals surface area contributed by atoms with Crippen LogP contribution in [0.5, 0.6) is 11.5 Å². The normalized spacial score (nSPS) is 14.6. The number of amides is 2. The Morgan fingerprint density at radius 1 is 0.621 bits per heavy atom. The van der Waals surface area contributed by atoms with Crippen LogP contribution in [0.2, 0.25) is 5.02 Å². The Morgan fingerprint density at radius 2 is 1.03 bits per heavy atom. The molecule has 0 aliphatic carbocycles. The van der Waals surface area contributed by atoms with Gasteiger partial charge in [0.15, 0.2) is 0 Å². The molecule has 58 heavy (non-hydrogen) atoms. The van der Waals surface area contributed by atoms with Crippen molar-refractivity contribution in [2.24, 2.45) is 0 Å². The van der Waals surface area contributed by atoms with Gasteiger partial charge in [0.2, 0.25) is 0 Å². The highest BCUT2D eigenvalue weighted by molar-refractivity contribution is 9.11. The molecule has 5 aromatic rings. The molecular weight excluding hydrogens is 884 g/mol. The lowest BCUT2D eigenvalue weighted by Crippen LogP contribution is -2.45. The van der Waals surface area contributed by atoms with Crippen LogP contribution >= 0.6 is 43.5 Å². The summed E-state index contributed by atoms with van der Waals surface area (Å²) >= 11 is 13.0. The Kier molecular flexibility index (Phi) is 15.9. The lowest BCUT2D eigenvalue weighted by molar-refractivity contribution is 0.0945. The van der Waals surface area contributed by atoms with Crippen LogP contribution < -0.4 is 25.2 Å². The summed E-state index contributed by atoms with van der Waals surface area (Å²) < 4.78 is 7.52. The lowest BCUT2D eigenvalue weighted by Gasteiger charge is -2.33. The van der Waals surface area contributed by atoms with E-state index < -0.39 is 0 Å². The van der Waals surface area contributed by atoms with Gasteiger partial charge in [-0.2, -0.15) is 0 Å². The number of pyridine rings is 2. The maximum Gasteiger partial charge on any atom is 0.252 e. The number of carbonyl (C=O) groups excluding carboxylic acids is 2. The van der Waals surface area contributed by atoms with Crippen LogP contribution in [0, 0.1) is 0 Å². The SMILES string of the molecule is CN1CCN(c2ncc(C(=O)NCCc3ccc(Cl)cc3)cc2Br)CC1.CN1CCN(c2ncc(C(=O)NCCc3ccc(Oc4ccccc4)cc3)cc2Br)CC1. The van der Waals surface area contributed by atoms with E-state index in [-0.39, 0.29) is 11.8 Å². The van der Waals surface area contributed by atoms with E-state index in [4.69, 9.17) is 16.3 Å². The third-order valence-electron chi connectivity index (χ3n) is 9.99. The molecule has 0 spiro atoms. The second-order valence-electron chi connectivity index (χ2n) is 14.3. The number of benzene rings is 3. The van der Waals surface area contributed by atoms with Gasteiger partial charge in [0.05, 0.1) is 20.1 Å². The van der Waals surface area contributed by atoms with Crippen LogP contribution in [0.3, 0.4) is 0 Å². The first-order chi connectivity index (χ1) is 28.1. The van der Waals surface area contributed by atoms with Crippen LogP contribution in [-0.2, 0) is 12.8 Å². The Labute approximate surface area is 363 Å². The minimum atomic E-state index is -0.118. The molecule has 2 fully saturated rings. The number of aromatic nitrogens is 2. The zero-order valence-electron chi connectivity index (χ0n) is 32.8. The molecule has 2 N–H and O–H groups in total. The molecule has 0 bridgehead atoms. The highest BCUT2D eigenvalue weighted by Gasteiger charge is 2.20. The summed E-state index contributed by atoms with van der Waals surface area (Å²) in [5.74, 6) is 3.17. The van der Waals surface area contributed by atoms with Crippen LogP contribution in [0.15, 0.2) is 112 Å². The van der Waals surface area contributed by atoms with Crippen molar-refractivity contribution in [1.82, 2.24) is 30.4 Å². The first-order valence-electron chi connectivity index (χ1n) is 19.4. The van der Waals surface area contributed by atoms with Crippen molar-refractivity contribution in [3.05, 3.63) is 140 Å². The van der Waals surface area contributed by atoms with Crippen LogP contribution in [0.1, 0.15) is 31.8 Å². The summed E-state index contributed by atoms with van der Waals surface area (Å²) in [5, 5.41) is 6.64. The quantitative estimate of drug-likeness (QED) is 0.131. The molecule has 2 aromatic heterocycles. The van der Waals surface area contributed by atoms with E-state index in [1.807, 2.05) is 91.0 Å². The van der Waals surface area contributed by atoms with Gasteiger partial charge in [-0.15, -0.1) is 0 Å². The number of para-hydroxylation sites is 1. The summed E-state index contributed by atoms with van der Waals surface area (Å²) in [7, 11) is 4.25. The van der Waals surface area contributed by atoms with Gasteiger partial charge in [-0.3, -0.25) is 9.59 Å². The van der Waals surface area contributed by atoms with Gasteiger partial charge in [-0.25, -0.2) is 9.97 Å². The molecular formula is C44H49Br2ClN8O3. The van der Waals surface area contributed by atoms with E-state index >= 15 is 0 Å². The number of nitrogens with zero attached hydrogens (tertiary/aromatic N) is 6. The van der Waals surface area contributed by atoms with Crippen LogP contribution in [0.4, 0.5) is 11.6 Å². The number of halogens is 3. The zero-order chi connectivity index (χ0) is 40.9.